The first-order valence-corrected chi connectivity index (χ1v) is 10.8. The van der Waals surface area contributed by atoms with Crippen LogP contribution in [0.3, 0.4) is 0 Å². The Morgan fingerprint density at radius 1 is 1.16 bits per heavy atom. The molecule has 6 rings (SSSR count). The molecule has 4 fully saturated rings. The minimum Gasteiger partial charge on any atom is -0.481 e. The average Bonchev–Trinajstić information content (AvgIpc) is 2.70. The molecule has 0 saturated heterocycles. The van der Waals surface area contributed by atoms with E-state index in [-0.39, 0.29) is 22.2 Å². The molecule has 2 aromatic rings. The molecule has 31 heavy (non-hydrogen) atoms. The lowest BCUT2D eigenvalue weighted by Crippen LogP contribution is -2.63. The number of halogens is 1. The molecule has 0 amide bonds. The van der Waals surface area contributed by atoms with Gasteiger partial charge in [0, 0.05) is 5.69 Å². The maximum absolute atomic E-state index is 13.3. The average molecular weight is 444 g/mol. The largest absolute Gasteiger partial charge is 0.481 e. The van der Waals surface area contributed by atoms with E-state index >= 15 is 0 Å². The predicted octanol–water partition coefficient (Wildman–Crippen LogP) is 3.57. The third-order valence-corrected chi connectivity index (χ3v) is 7.63. The van der Waals surface area contributed by atoms with Crippen molar-refractivity contribution in [2.45, 2.75) is 37.6 Å². The molecule has 4 saturated carbocycles. The topological polar surface area (TPSA) is 122 Å². The highest BCUT2D eigenvalue weighted by atomic mass is 35.5. The standard InChI is InChI=1S/C22H22ClN3O5/c23-18-16(25-15-3-1-2-13(7-15)20(28)29)10-24-26(19(18)27)22-8-11-4-12(9-22)6-14(5-11)17(22)21(30)31/h1-3,7,10-12,14,17,25H,4-6,8-9H2,(H,28,29)(H,30,31)/t11-,12+,14?,17-,22?/m0/s1. The van der Waals surface area contributed by atoms with Gasteiger partial charge in [0.2, 0.25) is 0 Å². The molecule has 1 heterocycles. The van der Waals surface area contributed by atoms with Crippen LogP contribution in [0.25, 0.3) is 0 Å². The first-order chi connectivity index (χ1) is 14.8. The molecule has 4 aliphatic carbocycles. The van der Waals surface area contributed by atoms with Gasteiger partial charge in [0.25, 0.3) is 5.56 Å². The molecule has 4 aliphatic rings. The van der Waals surface area contributed by atoms with E-state index in [1.807, 2.05) is 0 Å². The van der Waals surface area contributed by atoms with Gasteiger partial charge in [0.1, 0.15) is 5.02 Å². The molecule has 9 heteroatoms. The van der Waals surface area contributed by atoms with Gasteiger partial charge in [-0.3, -0.25) is 9.59 Å². The van der Waals surface area contributed by atoms with Crippen molar-refractivity contribution in [1.29, 1.82) is 0 Å². The molecule has 4 bridgehead atoms. The molecule has 0 aliphatic heterocycles. The molecule has 1 aromatic heterocycles. The summed E-state index contributed by atoms with van der Waals surface area (Å²) >= 11 is 6.42. The Bertz CT molecular complexity index is 1130. The van der Waals surface area contributed by atoms with Crippen molar-refractivity contribution in [1.82, 2.24) is 9.78 Å². The van der Waals surface area contributed by atoms with Gasteiger partial charge in [-0.05, 0) is 68.1 Å². The molecule has 162 valence electrons. The number of carboxylic acid groups (broad SMARTS) is 2. The van der Waals surface area contributed by atoms with Crippen molar-refractivity contribution in [3.05, 3.63) is 51.4 Å². The van der Waals surface area contributed by atoms with Crippen molar-refractivity contribution >= 4 is 34.9 Å². The Balaban J connectivity index is 1.54. The summed E-state index contributed by atoms with van der Waals surface area (Å²) in [6.07, 6.45) is 5.58. The smallest absolute Gasteiger partial charge is 0.335 e. The summed E-state index contributed by atoms with van der Waals surface area (Å²) in [7, 11) is 0. The van der Waals surface area contributed by atoms with Gasteiger partial charge in [0.05, 0.1) is 28.9 Å². The highest BCUT2D eigenvalue weighted by Crippen LogP contribution is 2.61. The first-order valence-electron chi connectivity index (χ1n) is 10.4. The second-order valence-electron chi connectivity index (χ2n) is 9.13. The molecule has 8 nitrogen and oxygen atoms in total. The number of hydrogen-bond acceptors (Lipinski definition) is 5. The number of aromatic nitrogens is 2. The van der Waals surface area contributed by atoms with Crippen LogP contribution in [0.1, 0.15) is 42.5 Å². The highest BCUT2D eigenvalue weighted by Gasteiger charge is 2.61. The van der Waals surface area contributed by atoms with Gasteiger partial charge in [-0.25, -0.2) is 9.48 Å². The summed E-state index contributed by atoms with van der Waals surface area (Å²) in [5.74, 6) is -1.69. The Morgan fingerprint density at radius 3 is 2.52 bits per heavy atom. The quantitative estimate of drug-likeness (QED) is 0.645. The van der Waals surface area contributed by atoms with Crippen LogP contribution in [0, 0.1) is 23.7 Å². The van der Waals surface area contributed by atoms with Crippen molar-refractivity contribution in [2.75, 3.05) is 5.32 Å². The minimum atomic E-state index is -1.06. The summed E-state index contributed by atoms with van der Waals surface area (Å²) in [6, 6.07) is 6.14. The third kappa shape index (κ3) is 3.12. The van der Waals surface area contributed by atoms with E-state index in [0.29, 0.717) is 30.4 Å². The monoisotopic (exact) mass is 443 g/mol. The number of benzene rings is 1. The van der Waals surface area contributed by atoms with E-state index < -0.39 is 29.0 Å². The summed E-state index contributed by atoms with van der Waals surface area (Å²) in [5, 5.41) is 26.4. The molecule has 1 aromatic carbocycles. The van der Waals surface area contributed by atoms with E-state index in [4.69, 9.17) is 16.7 Å². The van der Waals surface area contributed by atoms with E-state index in [2.05, 4.69) is 10.4 Å². The number of aliphatic carboxylic acids is 1. The molecule has 3 N–H and O–H groups in total. The van der Waals surface area contributed by atoms with Crippen molar-refractivity contribution in [3.63, 3.8) is 0 Å². The summed E-state index contributed by atoms with van der Waals surface area (Å²) in [6.45, 7) is 0. The Labute approximate surface area is 182 Å². The number of nitrogens with zero attached hydrogens (tertiary/aromatic N) is 2. The second-order valence-corrected chi connectivity index (χ2v) is 9.51. The van der Waals surface area contributed by atoms with E-state index in [0.717, 1.165) is 19.3 Å². The normalized spacial score (nSPS) is 30.9. The van der Waals surface area contributed by atoms with Gasteiger partial charge in [0.15, 0.2) is 0 Å². The second kappa shape index (κ2) is 7.09. The van der Waals surface area contributed by atoms with Crippen LogP contribution < -0.4 is 10.9 Å². The molecule has 0 radical (unpaired) electrons. The third-order valence-electron chi connectivity index (χ3n) is 7.27. The molecular weight excluding hydrogens is 422 g/mol. The number of hydrogen-bond donors (Lipinski definition) is 3. The van der Waals surface area contributed by atoms with Crippen molar-refractivity contribution in [2.24, 2.45) is 23.7 Å². The van der Waals surface area contributed by atoms with Crippen LogP contribution in [0.5, 0.6) is 0 Å². The zero-order chi connectivity index (χ0) is 21.9. The lowest BCUT2D eigenvalue weighted by atomic mass is 9.48. The molecule has 5 atom stereocenters. The van der Waals surface area contributed by atoms with Crippen LogP contribution >= 0.6 is 11.6 Å². The van der Waals surface area contributed by atoms with Crippen LogP contribution in [0.15, 0.2) is 35.3 Å². The number of carboxylic acids is 2. The van der Waals surface area contributed by atoms with Crippen molar-refractivity contribution < 1.29 is 19.8 Å². The number of nitrogens with one attached hydrogen (secondary N) is 1. The fourth-order valence-electron chi connectivity index (χ4n) is 6.46. The van der Waals surface area contributed by atoms with Crippen LogP contribution in [0.2, 0.25) is 5.02 Å². The van der Waals surface area contributed by atoms with E-state index in [1.54, 1.807) is 12.1 Å². The summed E-state index contributed by atoms with van der Waals surface area (Å²) in [5.41, 5.74) is -0.557. The summed E-state index contributed by atoms with van der Waals surface area (Å²) < 4.78 is 1.33. The van der Waals surface area contributed by atoms with Crippen molar-refractivity contribution in [3.8, 4) is 0 Å². The number of rotatable bonds is 5. The maximum atomic E-state index is 13.3. The molecular formula is C22H22ClN3O5. The van der Waals surface area contributed by atoms with Crippen LogP contribution in [-0.2, 0) is 10.3 Å². The highest BCUT2D eigenvalue weighted by molar-refractivity contribution is 6.33. The zero-order valence-corrected chi connectivity index (χ0v) is 17.4. The Kier molecular flexibility index (Phi) is 4.58. The van der Waals surface area contributed by atoms with Crippen LogP contribution in [-0.4, -0.2) is 31.9 Å². The maximum Gasteiger partial charge on any atom is 0.335 e. The lowest BCUT2D eigenvalue weighted by molar-refractivity contribution is -0.168. The zero-order valence-electron chi connectivity index (χ0n) is 16.6. The van der Waals surface area contributed by atoms with Gasteiger partial charge < -0.3 is 15.5 Å². The number of anilines is 2. The molecule has 2 unspecified atom stereocenters. The van der Waals surface area contributed by atoms with Crippen LogP contribution in [0.4, 0.5) is 11.4 Å². The lowest BCUT2D eigenvalue weighted by Gasteiger charge is -2.59. The van der Waals surface area contributed by atoms with E-state index in [9.17, 15) is 19.5 Å². The molecule has 0 spiro atoms. The SMILES string of the molecule is O=C(O)c1cccc(Nc2cnn(C34C[C@@H]5CC(C[C@@H](C5)C3)[C@H]4C(=O)O)c(=O)c2Cl)c1. The Hall–Kier alpha value is -2.87. The fourth-order valence-corrected chi connectivity index (χ4v) is 6.63. The first kappa shape index (κ1) is 20.1. The van der Waals surface area contributed by atoms with E-state index in [1.165, 1.54) is 23.0 Å². The van der Waals surface area contributed by atoms with Gasteiger partial charge >= 0.3 is 11.9 Å². The Morgan fingerprint density at radius 2 is 1.87 bits per heavy atom. The predicted molar refractivity (Wildman–Crippen MR) is 113 cm³/mol. The fraction of sp³-hybridized carbons (Fsp3) is 0.455. The number of aromatic carboxylic acids is 1. The summed E-state index contributed by atoms with van der Waals surface area (Å²) in [4.78, 5) is 36.7. The van der Waals surface area contributed by atoms with Gasteiger partial charge in [-0.2, -0.15) is 5.10 Å². The van der Waals surface area contributed by atoms with Gasteiger partial charge in [-0.15, -0.1) is 0 Å². The minimum absolute atomic E-state index is 0.0628. The number of carbonyl (C=O) groups is 2. The van der Waals surface area contributed by atoms with Gasteiger partial charge in [-0.1, -0.05) is 17.7 Å².